The number of hydrogen-bond acceptors (Lipinski definition) is 5. The van der Waals surface area contributed by atoms with Crippen molar-refractivity contribution in [1.82, 2.24) is 0 Å². The highest BCUT2D eigenvalue weighted by Crippen LogP contribution is 2.43. The standard InChI is InChI=1S/C25H42O5/c1-5-18(12-20-11-16(20)3)14-28-24(26)21-9-7-8-10-22(21)25(27)29-15-19(6-2)13-23-17(4)30-23/h16-23H,5-15H2,1-4H3. The van der Waals surface area contributed by atoms with Gasteiger partial charge in [0.2, 0.25) is 0 Å². The Balaban J connectivity index is 1.45. The Morgan fingerprint density at radius 1 is 0.900 bits per heavy atom. The molecule has 0 radical (unpaired) electrons. The van der Waals surface area contributed by atoms with Crippen LogP contribution in [0.4, 0.5) is 0 Å². The summed E-state index contributed by atoms with van der Waals surface area (Å²) in [5.74, 6) is 1.32. The molecule has 0 amide bonds. The monoisotopic (exact) mass is 422 g/mol. The SMILES string of the molecule is CCC(COC(=O)C1CCCCC1C(=O)OCC(CC)CC1OC1C)CC1CC1C. The second-order valence-electron chi connectivity index (χ2n) is 10.1. The summed E-state index contributed by atoms with van der Waals surface area (Å²) in [6.45, 7) is 9.59. The molecule has 2 saturated carbocycles. The largest absolute Gasteiger partial charge is 0.465 e. The lowest BCUT2D eigenvalue weighted by atomic mass is 9.79. The number of epoxide rings is 1. The van der Waals surface area contributed by atoms with Gasteiger partial charge < -0.3 is 14.2 Å². The average Bonchev–Trinajstić information content (AvgIpc) is 3.65. The first-order chi connectivity index (χ1) is 14.4. The van der Waals surface area contributed by atoms with Crippen molar-refractivity contribution in [3.05, 3.63) is 0 Å². The lowest BCUT2D eigenvalue weighted by molar-refractivity contribution is -0.164. The summed E-state index contributed by atoms with van der Waals surface area (Å²) < 4.78 is 16.9. The van der Waals surface area contributed by atoms with Gasteiger partial charge in [-0.05, 0) is 69.1 Å². The van der Waals surface area contributed by atoms with Crippen molar-refractivity contribution in [2.45, 2.75) is 97.7 Å². The Hall–Kier alpha value is -1.10. The third-order valence-electron chi connectivity index (χ3n) is 7.76. The summed E-state index contributed by atoms with van der Waals surface area (Å²) in [5, 5.41) is 0. The second-order valence-corrected chi connectivity index (χ2v) is 10.1. The zero-order valence-electron chi connectivity index (χ0n) is 19.4. The van der Waals surface area contributed by atoms with Gasteiger partial charge in [-0.1, -0.05) is 40.0 Å². The van der Waals surface area contributed by atoms with E-state index in [1.54, 1.807) is 0 Å². The van der Waals surface area contributed by atoms with E-state index >= 15 is 0 Å². The van der Waals surface area contributed by atoms with Crippen LogP contribution in [0, 0.1) is 35.5 Å². The molecule has 8 atom stereocenters. The fourth-order valence-electron chi connectivity index (χ4n) is 4.98. The predicted octanol–water partition coefficient (Wildman–Crippen LogP) is 5.16. The van der Waals surface area contributed by atoms with Crippen LogP contribution >= 0.6 is 0 Å². The normalized spacial score (nSPS) is 34.7. The van der Waals surface area contributed by atoms with Crippen molar-refractivity contribution in [3.63, 3.8) is 0 Å². The molecule has 172 valence electrons. The Kier molecular flexibility index (Phi) is 8.62. The van der Waals surface area contributed by atoms with Crippen LogP contribution < -0.4 is 0 Å². The minimum Gasteiger partial charge on any atom is -0.465 e. The van der Waals surface area contributed by atoms with E-state index in [4.69, 9.17) is 14.2 Å². The molecule has 5 nitrogen and oxygen atoms in total. The number of esters is 2. The molecule has 0 aromatic carbocycles. The van der Waals surface area contributed by atoms with Crippen LogP contribution in [0.25, 0.3) is 0 Å². The van der Waals surface area contributed by atoms with Crippen molar-refractivity contribution in [1.29, 1.82) is 0 Å². The molecule has 0 aromatic rings. The first kappa shape index (κ1) is 23.6. The van der Waals surface area contributed by atoms with Gasteiger partial charge in [-0.2, -0.15) is 0 Å². The molecule has 0 spiro atoms. The average molecular weight is 423 g/mol. The van der Waals surface area contributed by atoms with E-state index in [-0.39, 0.29) is 23.8 Å². The maximum atomic E-state index is 12.8. The fraction of sp³-hybridized carbons (Fsp3) is 0.920. The van der Waals surface area contributed by atoms with Gasteiger partial charge >= 0.3 is 11.9 Å². The van der Waals surface area contributed by atoms with Crippen LogP contribution in [0.1, 0.15) is 85.5 Å². The zero-order valence-corrected chi connectivity index (χ0v) is 19.4. The number of rotatable bonds is 12. The van der Waals surface area contributed by atoms with Crippen LogP contribution in [0.2, 0.25) is 0 Å². The smallest absolute Gasteiger partial charge is 0.309 e. The molecular weight excluding hydrogens is 380 g/mol. The first-order valence-electron chi connectivity index (χ1n) is 12.4. The summed E-state index contributed by atoms with van der Waals surface area (Å²) >= 11 is 0. The van der Waals surface area contributed by atoms with Gasteiger partial charge in [0.05, 0.1) is 37.3 Å². The zero-order chi connectivity index (χ0) is 21.7. The molecule has 1 saturated heterocycles. The molecule has 2 aliphatic carbocycles. The van der Waals surface area contributed by atoms with Crippen LogP contribution in [-0.2, 0) is 23.8 Å². The molecule has 3 rings (SSSR count). The lowest BCUT2D eigenvalue weighted by Crippen LogP contribution is -2.36. The maximum absolute atomic E-state index is 12.8. The van der Waals surface area contributed by atoms with Gasteiger partial charge in [-0.15, -0.1) is 0 Å². The van der Waals surface area contributed by atoms with Crippen molar-refractivity contribution >= 4 is 11.9 Å². The van der Waals surface area contributed by atoms with E-state index in [1.807, 2.05) is 0 Å². The third kappa shape index (κ3) is 6.70. The minimum atomic E-state index is -0.344. The molecule has 0 N–H and O–H groups in total. The molecular formula is C25H42O5. The quantitative estimate of drug-likeness (QED) is 0.321. The summed E-state index contributed by atoms with van der Waals surface area (Å²) in [4.78, 5) is 25.7. The lowest BCUT2D eigenvalue weighted by Gasteiger charge is -2.29. The summed E-state index contributed by atoms with van der Waals surface area (Å²) in [7, 11) is 0. The van der Waals surface area contributed by atoms with E-state index in [1.165, 1.54) is 6.42 Å². The molecule has 5 heteroatoms. The number of hydrogen-bond donors (Lipinski definition) is 0. The van der Waals surface area contributed by atoms with Gasteiger partial charge in [-0.25, -0.2) is 0 Å². The van der Waals surface area contributed by atoms with Crippen LogP contribution in [-0.4, -0.2) is 37.4 Å². The second kappa shape index (κ2) is 11.0. The van der Waals surface area contributed by atoms with E-state index in [0.717, 1.165) is 63.2 Å². The molecule has 30 heavy (non-hydrogen) atoms. The maximum Gasteiger partial charge on any atom is 0.309 e. The molecule has 3 fully saturated rings. The highest BCUT2D eigenvalue weighted by Gasteiger charge is 2.40. The van der Waals surface area contributed by atoms with Gasteiger partial charge in [-0.3, -0.25) is 9.59 Å². The summed E-state index contributed by atoms with van der Waals surface area (Å²) in [6.07, 6.45) is 9.49. The van der Waals surface area contributed by atoms with Crippen molar-refractivity contribution < 1.29 is 23.8 Å². The number of ether oxygens (including phenoxy) is 3. The highest BCUT2D eigenvalue weighted by molar-refractivity contribution is 5.82. The number of carbonyl (C=O) groups excluding carboxylic acids is 2. The van der Waals surface area contributed by atoms with Crippen LogP contribution in [0.5, 0.6) is 0 Å². The minimum absolute atomic E-state index is 0.189. The van der Waals surface area contributed by atoms with Gasteiger partial charge in [0.1, 0.15) is 0 Å². The van der Waals surface area contributed by atoms with E-state index in [0.29, 0.717) is 37.3 Å². The van der Waals surface area contributed by atoms with Gasteiger partial charge in [0, 0.05) is 0 Å². The van der Waals surface area contributed by atoms with Crippen LogP contribution in [0.15, 0.2) is 0 Å². The fourth-order valence-corrected chi connectivity index (χ4v) is 4.98. The van der Waals surface area contributed by atoms with Crippen molar-refractivity contribution in [2.75, 3.05) is 13.2 Å². The Morgan fingerprint density at radius 2 is 1.37 bits per heavy atom. The molecule has 8 unspecified atom stereocenters. The molecule has 0 bridgehead atoms. The van der Waals surface area contributed by atoms with Gasteiger partial charge in [0.25, 0.3) is 0 Å². The van der Waals surface area contributed by atoms with Crippen molar-refractivity contribution in [3.8, 4) is 0 Å². The number of carbonyl (C=O) groups is 2. The molecule has 1 heterocycles. The van der Waals surface area contributed by atoms with E-state index in [2.05, 4.69) is 27.7 Å². The topological polar surface area (TPSA) is 65.1 Å². The van der Waals surface area contributed by atoms with E-state index in [9.17, 15) is 9.59 Å². The molecule has 0 aromatic heterocycles. The summed E-state index contributed by atoms with van der Waals surface area (Å²) in [5.41, 5.74) is 0. The highest BCUT2D eigenvalue weighted by atomic mass is 16.6. The third-order valence-corrected chi connectivity index (χ3v) is 7.76. The van der Waals surface area contributed by atoms with Crippen LogP contribution in [0.3, 0.4) is 0 Å². The van der Waals surface area contributed by atoms with E-state index < -0.39 is 0 Å². The van der Waals surface area contributed by atoms with Gasteiger partial charge in [0.15, 0.2) is 0 Å². The molecule has 3 aliphatic rings. The van der Waals surface area contributed by atoms with Crippen molar-refractivity contribution in [2.24, 2.45) is 35.5 Å². The Labute approximate surface area is 182 Å². The molecule has 1 aliphatic heterocycles. The Morgan fingerprint density at radius 3 is 1.77 bits per heavy atom. The summed E-state index contributed by atoms with van der Waals surface area (Å²) in [6, 6.07) is 0. The predicted molar refractivity (Wildman–Crippen MR) is 116 cm³/mol. The Bertz CT molecular complexity index is 526. The first-order valence-corrected chi connectivity index (χ1v) is 12.4.